The van der Waals surface area contributed by atoms with Gasteiger partial charge in [0.2, 0.25) is 0 Å². The van der Waals surface area contributed by atoms with Crippen molar-refractivity contribution in [2.45, 2.75) is 29.9 Å². The third kappa shape index (κ3) is 8.04. The van der Waals surface area contributed by atoms with E-state index in [9.17, 15) is 18.0 Å². The highest BCUT2D eigenvalue weighted by atomic mass is 32.2. The molecular formula is C27H34O10S. The van der Waals surface area contributed by atoms with Crippen LogP contribution in [0.4, 0.5) is 0 Å². The smallest absolute Gasteiger partial charge is 0.341 e. The van der Waals surface area contributed by atoms with Gasteiger partial charge in [-0.3, -0.25) is 4.79 Å². The SMILES string of the molecule is COCCOCOc1c(C(=O)OC)ccc(OC)c1C/C=C(\C)CC(C(=O)OC)S(=O)(=O)c1ccccc1. The first-order valence-electron chi connectivity index (χ1n) is 11.7. The number of carbonyl (C=O) groups excluding carboxylic acids is 2. The second kappa shape index (κ2) is 15.1. The first-order valence-corrected chi connectivity index (χ1v) is 13.3. The van der Waals surface area contributed by atoms with Gasteiger partial charge < -0.3 is 28.4 Å². The predicted octanol–water partition coefficient (Wildman–Crippen LogP) is 3.38. The van der Waals surface area contributed by atoms with E-state index in [4.69, 9.17) is 28.4 Å². The molecule has 0 amide bonds. The molecule has 0 saturated heterocycles. The number of ether oxygens (including phenoxy) is 6. The average Bonchev–Trinajstić information content (AvgIpc) is 2.94. The minimum atomic E-state index is -4.01. The van der Waals surface area contributed by atoms with Crippen LogP contribution >= 0.6 is 0 Å². The number of rotatable bonds is 15. The highest BCUT2D eigenvalue weighted by molar-refractivity contribution is 7.92. The van der Waals surface area contributed by atoms with Crippen LogP contribution in [-0.4, -0.2) is 74.1 Å². The standard InChI is InChI=1S/C27H34O10S/c1-19(17-24(27(29)35-5)38(30,31)20-9-7-6-8-10-20)11-12-21-23(33-3)14-13-22(26(28)34-4)25(21)37-18-36-16-15-32-2/h6-11,13-14,24H,12,15-18H2,1-5H3/b19-11+. The van der Waals surface area contributed by atoms with Gasteiger partial charge in [0.05, 0.1) is 39.4 Å². The second-order valence-electron chi connectivity index (χ2n) is 8.11. The molecule has 0 aromatic heterocycles. The van der Waals surface area contributed by atoms with Crippen molar-refractivity contribution in [2.75, 3.05) is 48.4 Å². The highest BCUT2D eigenvalue weighted by Gasteiger charge is 2.35. The molecule has 0 bridgehead atoms. The summed E-state index contributed by atoms with van der Waals surface area (Å²) in [4.78, 5) is 24.9. The van der Waals surface area contributed by atoms with Crippen LogP contribution in [0.3, 0.4) is 0 Å². The van der Waals surface area contributed by atoms with Gasteiger partial charge in [-0.2, -0.15) is 0 Å². The Morgan fingerprint density at radius 1 is 0.947 bits per heavy atom. The molecule has 0 saturated carbocycles. The van der Waals surface area contributed by atoms with Gasteiger partial charge in [0.25, 0.3) is 0 Å². The summed E-state index contributed by atoms with van der Waals surface area (Å²) < 4.78 is 57.7. The maximum atomic E-state index is 13.2. The van der Waals surface area contributed by atoms with Crippen molar-refractivity contribution in [3.8, 4) is 11.5 Å². The zero-order valence-electron chi connectivity index (χ0n) is 22.2. The van der Waals surface area contributed by atoms with Crippen LogP contribution in [-0.2, 0) is 40.0 Å². The van der Waals surface area contributed by atoms with Gasteiger partial charge in [-0.25, -0.2) is 13.2 Å². The molecule has 208 valence electrons. The number of allylic oxidation sites excluding steroid dienone is 2. The Bertz CT molecular complexity index is 1210. The summed E-state index contributed by atoms with van der Waals surface area (Å²) in [5.41, 5.74) is 1.29. The van der Waals surface area contributed by atoms with Crippen LogP contribution in [0.2, 0.25) is 0 Å². The minimum absolute atomic E-state index is 0.0276. The van der Waals surface area contributed by atoms with Gasteiger partial charge in [-0.15, -0.1) is 0 Å². The van der Waals surface area contributed by atoms with E-state index in [0.717, 1.165) is 7.11 Å². The molecule has 0 aliphatic carbocycles. The summed E-state index contributed by atoms with van der Waals surface area (Å²) >= 11 is 0. The Morgan fingerprint density at radius 3 is 2.26 bits per heavy atom. The van der Waals surface area contributed by atoms with Crippen LogP contribution in [0.1, 0.15) is 29.3 Å². The van der Waals surface area contributed by atoms with Crippen molar-refractivity contribution in [3.63, 3.8) is 0 Å². The van der Waals surface area contributed by atoms with Crippen molar-refractivity contribution in [3.05, 3.63) is 65.2 Å². The number of carbonyl (C=O) groups is 2. The lowest BCUT2D eigenvalue weighted by Crippen LogP contribution is -2.32. The molecule has 11 heteroatoms. The van der Waals surface area contributed by atoms with Gasteiger partial charge in [0.1, 0.15) is 17.1 Å². The van der Waals surface area contributed by atoms with Crippen LogP contribution < -0.4 is 9.47 Å². The van der Waals surface area contributed by atoms with Crippen molar-refractivity contribution >= 4 is 21.8 Å². The summed E-state index contributed by atoms with van der Waals surface area (Å²) in [6.07, 6.45) is 1.85. The Hall–Kier alpha value is -3.41. The molecule has 38 heavy (non-hydrogen) atoms. The van der Waals surface area contributed by atoms with E-state index in [1.54, 1.807) is 44.4 Å². The number of hydrogen-bond donors (Lipinski definition) is 0. The van der Waals surface area contributed by atoms with E-state index in [-0.39, 0.29) is 42.4 Å². The number of benzene rings is 2. The topological polar surface area (TPSA) is 124 Å². The molecule has 2 aromatic rings. The first kappa shape index (κ1) is 30.8. The molecule has 2 aromatic carbocycles. The monoisotopic (exact) mass is 550 g/mol. The summed E-state index contributed by atoms with van der Waals surface area (Å²) in [5.74, 6) is -0.820. The van der Waals surface area contributed by atoms with Crippen molar-refractivity contribution in [2.24, 2.45) is 0 Å². The molecule has 0 fully saturated rings. The lowest BCUT2D eigenvalue weighted by atomic mass is 10.0. The second-order valence-corrected chi connectivity index (χ2v) is 10.2. The molecule has 1 unspecified atom stereocenters. The van der Waals surface area contributed by atoms with Crippen molar-refractivity contribution in [1.29, 1.82) is 0 Å². The molecule has 1 atom stereocenters. The van der Waals surface area contributed by atoms with Crippen molar-refractivity contribution < 1.29 is 46.4 Å². The molecule has 0 heterocycles. The fourth-order valence-electron chi connectivity index (χ4n) is 3.61. The zero-order chi connectivity index (χ0) is 28.1. The number of hydrogen-bond acceptors (Lipinski definition) is 10. The third-order valence-electron chi connectivity index (χ3n) is 5.63. The average molecular weight is 551 g/mol. The molecular weight excluding hydrogens is 516 g/mol. The fraction of sp³-hybridized carbons (Fsp3) is 0.407. The summed E-state index contributed by atoms with van der Waals surface area (Å²) in [6.45, 7) is 2.21. The Kier molecular flexibility index (Phi) is 12.3. The summed E-state index contributed by atoms with van der Waals surface area (Å²) in [6, 6.07) is 10.9. The molecule has 2 rings (SSSR count). The maximum Gasteiger partial charge on any atom is 0.341 e. The van der Waals surface area contributed by atoms with Crippen LogP contribution in [0.25, 0.3) is 0 Å². The van der Waals surface area contributed by atoms with Gasteiger partial charge in [-0.05, 0) is 44.0 Å². The fourth-order valence-corrected chi connectivity index (χ4v) is 5.31. The molecule has 0 aliphatic heterocycles. The lowest BCUT2D eigenvalue weighted by Gasteiger charge is -2.18. The maximum absolute atomic E-state index is 13.2. The Morgan fingerprint density at radius 2 is 1.66 bits per heavy atom. The number of sulfone groups is 1. The minimum Gasteiger partial charge on any atom is -0.496 e. The molecule has 0 N–H and O–H groups in total. The first-order chi connectivity index (χ1) is 18.2. The molecule has 0 aliphatic rings. The molecule has 0 spiro atoms. The van der Waals surface area contributed by atoms with Crippen LogP contribution in [0, 0.1) is 0 Å². The Balaban J connectivity index is 2.39. The molecule has 0 radical (unpaired) electrons. The van der Waals surface area contributed by atoms with E-state index in [2.05, 4.69) is 0 Å². The highest BCUT2D eigenvalue weighted by Crippen LogP contribution is 2.34. The molecule has 10 nitrogen and oxygen atoms in total. The number of esters is 2. The van der Waals surface area contributed by atoms with E-state index in [1.807, 2.05) is 0 Å². The van der Waals surface area contributed by atoms with Gasteiger partial charge >= 0.3 is 11.9 Å². The van der Waals surface area contributed by atoms with E-state index in [0.29, 0.717) is 23.5 Å². The van der Waals surface area contributed by atoms with Crippen molar-refractivity contribution in [1.82, 2.24) is 0 Å². The van der Waals surface area contributed by atoms with E-state index < -0.39 is 27.0 Å². The van der Waals surface area contributed by atoms with E-state index >= 15 is 0 Å². The zero-order valence-corrected chi connectivity index (χ0v) is 23.0. The quantitative estimate of drug-likeness (QED) is 0.141. The Labute approximate surface area is 223 Å². The van der Waals surface area contributed by atoms with Crippen LogP contribution in [0.5, 0.6) is 11.5 Å². The predicted molar refractivity (Wildman–Crippen MR) is 139 cm³/mol. The van der Waals surface area contributed by atoms with Gasteiger partial charge in [-0.1, -0.05) is 29.8 Å². The lowest BCUT2D eigenvalue weighted by molar-refractivity contribution is -0.140. The van der Waals surface area contributed by atoms with E-state index in [1.165, 1.54) is 32.4 Å². The normalized spacial score (nSPS) is 12.5. The van der Waals surface area contributed by atoms with Crippen LogP contribution in [0.15, 0.2) is 59.0 Å². The summed E-state index contributed by atoms with van der Waals surface area (Å²) in [5, 5.41) is -1.43. The third-order valence-corrected chi connectivity index (χ3v) is 7.67. The van der Waals surface area contributed by atoms with Gasteiger partial charge in [0, 0.05) is 12.7 Å². The number of methoxy groups -OCH3 is 4. The van der Waals surface area contributed by atoms with Gasteiger partial charge in [0.15, 0.2) is 21.9 Å². The largest absolute Gasteiger partial charge is 0.496 e. The summed E-state index contributed by atoms with van der Waals surface area (Å²) in [7, 11) is 1.43.